The quantitative estimate of drug-likeness (QED) is 0.719. The summed E-state index contributed by atoms with van der Waals surface area (Å²) in [5.41, 5.74) is 5.92. The second-order valence-electron chi connectivity index (χ2n) is 4.84. The van der Waals surface area contributed by atoms with Crippen molar-refractivity contribution < 1.29 is 5.11 Å². The maximum Gasteiger partial charge on any atom is 0.135 e. The van der Waals surface area contributed by atoms with Crippen molar-refractivity contribution in [1.29, 1.82) is 0 Å². The van der Waals surface area contributed by atoms with Gasteiger partial charge in [-0.3, -0.25) is 0 Å². The molecule has 1 heterocycles. The van der Waals surface area contributed by atoms with Gasteiger partial charge in [0.2, 0.25) is 0 Å². The van der Waals surface area contributed by atoms with Gasteiger partial charge >= 0.3 is 0 Å². The highest BCUT2D eigenvalue weighted by molar-refractivity contribution is 5.56. The maximum atomic E-state index is 9.64. The lowest BCUT2D eigenvalue weighted by atomic mass is 10.0. The Balaban J connectivity index is 2.91. The molecule has 0 radical (unpaired) electrons. The van der Waals surface area contributed by atoms with Gasteiger partial charge in [0, 0.05) is 12.1 Å². The average Bonchev–Trinajstić information content (AvgIpc) is 2.12. The standard InChI is InChI=1S/C11H20N4O/c1-7(2)8-9(12)14-6-15-10(8)13-5-11(3,4)16/h6-7,16H,5H2,1-4H3,(H3,12,13,14,15). The van der Waals surface area contributed by atoms with Gasteiger partial charge in [0.15, 0.2) is 0 Å². The largest absolute Gasteiger partial charge is 0.389 e. The molecule has 1 aromatic heterocycles. The van der Waals surface area contributed by atoms with E-state index in [-0.39, 0.29) is 5.92 Å². The SMILES string of the molecule is CC(C)c1c(N)ncnc1NCC(C)(C)O. The Morgan fingerprint density at radius 1 is 1.44 bits per heavy atom. The zero-order valence-corrected chi connectivity index (χ0v) is 10.3. The minimum atomic E-state index is -0.784. The van der Waals surface area contributed by atoms with E-state index in [1.165, 1.54) is 6.33 Å². The van der Waals surface area contributed by atoms with Crippen LogP contribution in [-0.2, 0) is 0 Å². The van der Waals surface area contributed by atoms with Crippen LogP contribution in [0.3, 0.4) is 0 Å². The predicted molar refractivity (Wildman–Crippen MR) is 65.3 cm³/mol. The Morgan fingerprint density at radius 3 is 2.56 bits per heavy atom. The molecule has 1 aromatic rings. The molecular formula is C11H20N4O. The van der Waals surface area contributed by atoms with Crippen LogP contribution in [-0.4, -0.2) is 27.2 Å². The van der Waals surface area contributed by atoms with Crippen LogP contribution in [0.1, 0.15) is 39.2 Å². The summed E-state index contributed by atoms with van der Waals surface area (Å²) >= 11 is 0. The highest BCUT2D eigenvalue weighted by Gasteiger charge is 2.16. The van der Waals surface area contributed by atoms with Crippen LogP contribution < -0.4 is 11.1 Å². The smallest absolute Gasteiger partial charge is 0.135 e. The van der Waals surface area contributed by atoms with E-state index in [9.17, 15) is 5.11 Å². The molecule has 0 spiro atoms. The van der Waals surface area contributed by atoms with E-state index < -0.39 is 5.60 Å². The van der Waals surface area contributed by atoms with Crippen LogP contribution in [0.25, 0.3) is 0 Å². The summed E-state index contributed by atoms with van der Waals surface area (Å²) in [5, 5.41) is 12.7. The van der Waals surface area contributed by atoms with Gasteiger partial charge in [-0.2, -0.15) is 0 Å². The third-order valence-electron chi connectivity index (χ3n) is 2.18. The van der Waals surface area contributed by atoms with Gasteiger partial charge in [-0.25, -0.2) is 9.97 Å². The maximum absolute atomic E-state index is 9.64. The lowest BCUT2D eigenvalue weighted by Crippen LogP contribution is -2.30. The Morgan fingerprint density at radius 2 is 2.06 bits per heavy atom. The lowest BCUT2D eigenvalue weighted by molar-refractivity contribution is 0.0944. The van der Waals surface area contributed by atoms with Crippen molar-refractivity contribution in [2.45, 2.75) is 39.2 Å². The van der Waals surface area contributed by atoms with Crippen molar-refractivity contribution in [1.82, 2.24) is 9.97 Å². The fourth-order valence-electron chi connectivity index (χ4n) is 1.42. The molecule has 0 atom stereocenters. The molecular weight excluding hydrogens is 204 g/mol. The number of rotatable bonds is 4. The molecule has 4 N–H and O–H groups in total. The number of hydrogen-bond acceptors (Lipinski definition) is 5. The molecule has 5 heteroatoms. The van der Waals surface area contributed by atoms with Gasteiger partial charge in [-0.05, 0) is 19.8 Å². The summed E-state index contributed by atoms with van der Waals surface area (Å²) in [7, 11) is 0. The van der Waals surface area contributed by atoms with Crippen molar-refractivity contribution in [3.8, 4) is 0 Å². The normalized spacial score (nSPS) is 11.9. The molecule has 0 unspecified atom stereocenters. The number of nitrogens with two attached hydrogens (primary N) is 1. The van der Waals surface area contributed by atoms with E-state index in [4.69, 9.17) is 5.73 Å². The minimum Gasteiger partial charge on any atom is -0.389 e. The molecule has 0 fully saturated rings. The van der Waals surface area contributed by atoms with Crippen molar-refractivity contribution in [3.05, 3.63) is 11.9 Å². The number of nitrogen functional groups attached to an aromatic ring is 1. The molecule has 0 saturated carbocycles. The van der Waals surface area contributed by atoms with Crippen LogP contribution in [0, 0.1) is 0 Å². The van der Waals surface area contributed by atoms with E-state index in [0.717, 1.165) is 5.56 Å². The van der Waals surface area contributed by atoms with E-state index in [0.29, 0.717) is 18.2 Å². The number of aromatic nitrogens is 2. The number of hydrogen-bond donors (Lipinski definition) is 3. The van der Waals surface area contributed by atoms with Crippen molar-refractivity contribution >= 4 is 11.6 Å². The van der Waals surface area contributed by atoms with Gasteiger partial charge in [-0.15, -0.1) is 0 Å². The number of nitrogens with zero attached hydrogens (tertiary/aromatic N) is 2. The predicted octanol–water partition coefficient (Wildman–Crippen LogP) is 1.36. The molecule has 0 aliphatic carbocycles. The molecule has 0 bridgehead atoms. The summed E-state index contributed by atoms with van der Waals surface area (Å²) in [4.78, 5) is 8.12. The van der Waals surface area contributed by atoms with Gasteiger partial charge in [0.05, 0.1) is 5.60 Å². The summed E-state index contributed by atoms with van der Waals surface area (Å²) in [6.07, 6.45) is 1.42. The second-order valence-corrected chi connectivity index (χ2v) is 4.84. The zero-order valence-electron chi connectivity index (χ0n) is 10.3. The molecule has 0 aliphatic rings. The van der Waals surface area contributed by atoms with Crippen molar-refractivity contribution in [2.24, 2.45) is 0 Å². The van der Waals surface area contributed by atoms with Gasteiger partial charge < -0.3 is 16.2 Å². The molecule has 5 nitrogen and oxygen atoms in total. The summed E-state index contributed by atoms with van der Waals surface area (Å²) in [6.45, 7) is 7.96. The topological polar surface area (TPSA) is 84.1 Å². The highest BCUT2D eigenvalue weighted by atomic mass is 16.3. The third-order valence-corrected chi connectivity index (χ3v) is 2.18. The first-order chi connectivity index (χ1) is 7.31. The van der Waals surface area contributed by atoms with Crippen LogP contribution in [0.4, 0.5) is 11.6 Å². The van der Waals surface area contributed by atoms with Gasteiger partial charge in [0.25, 0.3) is 0 Å². The van der Waals surface area contributed by atoms with Gasteiger partial charge in [0.1, 0.15) is 18.0 Å². The average molecular weight is 224 g/mol. The first kappa shape index (κ1) is 12.7. The number of anilines is 2. The van der Waals surface area contributed by atoms with E-state index in [2.05, 4.69) is 15.3 Å². The lowest BCUT2D eigenvalue weighted by Gasteiger charge is -2.20. The Hall–Kier alpha value is -1.36. The Labute approximate surface area is 96.1 Å². The zero-order chi connectivity index (χ0) is 12.3. The van der Waals surface area contributed by atoms with Crippen LogP contribution in [0.5, 0.6) is 0 Å². The second kappa shape index (κ2) is 4.65. The molecule has 0 aromatic carbocycles. The highest BCUT2D eigenvalue weighted by Crippen LogP contribution is 2.26. The minimum absolute atomic E-state index is 0.241. The monoisotopic (exact) mass is 224 g/mol. The van der Waals surface area contributed by atoms with E-state index >= 15 is 0 Å². The molecule has 0 saturated heterocycles. The van der Waals surface area contributed by atoms with Crippen LogP contribution in [0.15, 0.2) is 6.33 Å². The van der Waals surface area contributed by atoms with Crippen molar-refractivity contribution in [3.63, 3.8) is 0 Å². The Kier molecular flexibility index (Phi) is 3.70. The molecule has 16 heavy (non-hydrogen) atoms. The summed E-state index contributed by atoms with van der Waals surface area (Å²) < 4.78 is 0. The number of nitrogens with one attached hydrogen (secondary N) is 1. The molecule has 0 amide bonds. The first-order valence-electron chi connectivity index (χ1n) is 5.38. The van der Waals surface area contributed by atoms with Crippen molar-refractivity contribution in [2.75, 3.05) is 17.6 Å². The molecule has 0 aliphatic heterocycles. The Bertz CT molecular complexity index is 357. The summed E-state index contributed by atoms with van der Waals surface area (Å²) in [6, 6.07) is 0. The fourth-order valence-corrected chi connectivity index (χ4v) is 1.42. The van der Waals surface area contributed by atoms with Gasteiger partial charge in [-0.1, -0.05) is 13.8 Å². The third kappa shape index (κ3) is 3.34. The molecule has 90 valence electrons. The molecule has 1 rings (SSSR count). The van der Waals surface area contributed by atoms with Crippen LogP contribution in [0.2, 0.25) is 0 Å². The number of aliphatic hydroxyl groups is 1. The van der Waals surface area contributed by atoms with E-state index in [1.807, 2.05) is 13.8 Å². The summed E-state index contributed by atoms with van der Waals surface area (Å²) in [5.74, 6) is 1.43. The van der Waals surface area contributed by atoms with E-state index in [1.54, 1.807) is 13.8 Å². The fraction of sp³-hybridized carbons (Fsp3) is 0.636. The van der Waals surface area contributed by atoms with Crippen LogP contribution >= 0.6 is 0 Å². The first-order valence-corrected chi connectivity index (χ1v) is 5.38.